The molecule has 4 nitrogen and oxygen atoms in total. The van der Waals surface area contributed by atoms with E-state index >= 15 is 0 Å². The van der Waals surface area contributed by atoms with Crippen molar-refractivity contribution in [2.45, 2.75) is 19.2 Å². The minimum Gasteiger partial charge on any atom is -0.481 e. The van der Waals surface area contributed by atoms with E-state index in [4.69, 9.17) is 5.11 Å². The van der Waals surface area contributed by atoms with E-state index in [1.54, 1.807) is 0 Å². The molecule has 0 bridgehead atoms. The molecule has 0 unspecified atom stereocenters. The van der Waals surface area contributed by atoms with Crippen LogP contribution in [0.4, 0.5) is 0 Å². The highest BCUT2D eigenvalue weighted by atomic mass is 32.2. The molecule has 0 fully saturated rings. The molecule has 0 saturated carbocycles. The third kappa shape index (κ3) is 2.61. The van der Waals surface area contributed by atoms with E-state index in [1.807, 2.05) is 35.9 Å². The number of carboxylic acids is 1. The first-order chi connectivity index (χ1) is 8.22. The van der Waals surface area contributed by atoms with Crippen molar-refractivity contribution in [3.05, 3.63) is 30.0 Å². The van der Waals surface area contributed by atoms with Crippen LogP contribution in [0.2, 0.25) is 0 Å². The van der Waals surface area contributed by atoms with Gasteiger partial charge in [-0.05, 0) is 13.0 Å². The van der Waals surface area contributed by atoms with Crippen LogP contribution in [0, 0.1) is 0 Å². The Balaban J connectivity index is 2.24. The van der Waals surface area contributed by atoms with Gasteiger partial charge in [0, 0.05) is 17.7 Å². The van der Waals surface area contributed by atoms with Crippen LogP contribution in [0.1, 0.15) is 12.6 Å². The van der Waals surface area contributed by atoms with Gasteiger partial charge < -0.3 is 5.11 Å². The van der Waals surface area contributed by atoms with Crippen molar-refractivity contribution < 1.29 is 9.90 Å². The van der Waals surface area contributed by atoms with Crippen LogP contribution in [-0.4, -0.2) is 26.6 Å². The summed E-state index contributed by atoms with van der Waals surface area (Å²) in [5.41, 5.74) is 2.08. The summed E-state index contributed by atoms with van der Waals surface area (Å²) >= 11 is 1.38. The number of fused-ring (bicyclic) bond motifs is 1. The fourth-order valence-corrected chi connectivity index (χ4v) is 2.46. The molecule has 1 N–H and O–H groups in total. The van der Waals surface area contributed by atoms with Gasteiger partial charge in [-0.1, -0.05) is 18.2 Å². The zero-order valence-electron chi connectivity index (χ0n) is 9.59. The lowest BCUT2D eigenvalue weighted by molar-refractivity contribution is -0.133. The Morgan fingerprint density at radius 2 is 2.24 bits per heavy atom. The summed E-state index contributed by atoms with van der Waals surface area (Å²) in [7, 11) is 0. The molecule has 0 amide bonds. The average molecular weight is 250 g/mol. The van der Waals surface area contributed by atoms with Gasteiger partial charge in [-0.2, -0.15) is 5.10 Å². The van der Waals surface area contributed by atoms with Crippen LogP contribution in [0.5, 0.6) is 0 Å². The van der Waals surface area contributed by atoms with E-state index in [-0.39, 0.29) is 5.75 Å². The molecule has 2 aromatic rings. The van der Waals surface area contributed by atoms with Crippen molar-refractivity contribution in [1.29, 1.82) is 0 Å². The fraction of sp³-hybridized carbons (Fsp3) is 0.333. The largest absolute Gasteiger partial charge is 0.481 e. The molecule has 5 heteroatoms. The molecular weight excluding hydrogens is 236 g/mol. The number of benzene rings is 1. The molecule has 17 heavy (non-hydrogen) atoms. The number of hydrogen-bond acceptors (Lipinski definition) is 3. The molecule has 0 radical (unpaired) electrons. The Labute approximate surface area is 104 Å². The van der Waals surface area contributed by atoms with Crippen LogP contribution in [0.25, 0.3) is 10.9 Å². The number of carboxylic acid groups (broad SMARTS) is 1. The van der Waals surface area contributed by atoms with Crippen molar-refractivity contribution in [1.82, 2.24) is 9.78 Å². The van der Waals surface area contributed by atoms with Gasteiger partial charge in [0.15, 0.2) is 0 Å². The lowest BCUT2D eigenvalue weighted by Gasteiger charge is -1.95. The molecule has 90 valence electrons. The smallest absolute Gasteiger partial charge is 0.313 e. The van der Waals surface area contributed by atoms with Crippen LogP contribution >= 0.6 is 11.8 Å². The SMILES string of the molecule is CCn1nc(CSCC(=O)O)c2ccccc21. The van der Waals surface area contributed by atoms with Crippen LogP contribution < -0.4 is 0 Å². The van der Waals surface area contributed by atoms with E-state index in [9.17, 15) is 4.79 Å². The van der Waals surface area contributed by atoms with Crippen molar-refractivity contribution in [3.63, 3.8) is 0 Å². The number of aliphatic carboxylic acids is 1. The van der Waals surface area contributed by atoms with Gasteiger partial charge in [0.1, 0.15) is 0 Å². The topological polar surface area (TPSA) is 55.1 Å². The third-order valence-corrected chi connectivity index (χ3v) is 3.43. The molecule has 0 aliphatic heterocycles. The maximum absolute atomic E-state index is 10.5. The normalized spacial score (nSPS) is 10.9. The van der Waals surface area contributed by atoms with Crippen molar-refractivity contribution in [2.75, 3.05) is 5.75 Å². The van der Waals surface area contributed by atoms with Gasteiger partial charge in [-0.15, -0.1) is 11.8 Å². The highest BCUT2D eigenvalue weighted by molar-refractivity contribution is 7.99. The van der Waals surface area contributed by atoms with Gasteiger partial charge in [0.25, 0.3) is 0 Å². The maximum Gasteiger partial charge on any atom is 0.313 e. The predicted molar refractivity (Wildman–Crippen MR) is 69.2 cm³/mol. The molecule has 1 heterocycles. The van der Waals surface area contributed by atoms with Gasteiger partial charge in [-0.3, -0.25) is 9.48 Å². The average Bonchev–Trinajstić information content (AvgIpc) is 2.68. The highest BCUT2D eigenvalue weighted by Crippen LogP contribution is 2.22. The second-order valence-electron chi connectivity index (χ2n) is 3.67. The summed E-state index contributed by atoms with van der Waals surface area (Å²) in [5.74, 6) is -0.0261. The zero-order chi connectivity index (χ0) is 12.3. The summed E-state index contributed by atoms with van der Waals surface area (Å²) in [5, 5.41) is 14.2. The fourth-order valence-electron chi connectivity index (χ4n) is 1.78. The first-order valence-corrected chi connectivity index (χ1v) is 6.61. The molecule has 0 aliphatic carbocycles. The Morgan fingerprint density at radius 1 is 1.47 bits per heavy atom. The maximum atomic E-state index is 10.5. The molecule has 1 aromatic heterocycles. The van der Waals surface area contributed by atoms with E-state index in [0.717, 1.165) is 23.1 Å². The highest BCUT2D eigenvalue weighted by Gasteiger charge is 2.09. The Kier molecular flexibility index (Phi) is 3.68. The van der Waals surface area contributed by atoms with Crippen molar-refractivity contribution in [3.8, 4) is 0 Å². The molecule has 0 spiro atoms. The predicted octanol–water partition coefficient (Wildman–Crippen LogP) is 2.37. The Hall–Kier alpha value is -1.49. The molecule has 1 aromatic carbocycles. The number of para-hydroxylation sites is 1. The van der Waals surface area contributed by atoms with Gasteiger partial charge >= 0.3 is 5.97 Å². The molecule has 0 atom stereocenters. The lowest BCUT2D eigenvalue weighted by atomic mass is 10.2. The number of hydrogen-bond donors (Lipinski definition) is 1. The van der Waals surface area contributed by atoms with Crippen LogP contribution in [0.3, 0.4) is 0 Å². The summed E-state index contributed by atoms with van der Waals surface area (Å²) < 4.78 is 1.95. The number of rotatable bonds is 5. The van der Waals surface area contributed by atoms with E-state index < -0.39 is 5.97 Å². The number of aryl methyl sites for hydroxylation is 1. The monoisotopic (exact) mass is 250 g/mol. The van der Waals surface area contributed by atoms with Gasteiger partial charge in [0.2, 0.25) is 0 Å². The second kappa shape index (κ2) is 5.23. The Bertz CT molecular complexity index is 536. The summed E-state index contributed by atoms with van der Waals surface area (Å²) in [4.78, 5) is 10.5. The summed E-state index contributed by atoms with van der Waals surface area (Å²) in [6.45, 7) is 2.87. The van der Waals surface area contributed by atoms with E-state index in [1.165, 1.54) is 11.8 Å². The first kappa shape index (κ1) is 12.0. The first-order valence-electron chi connectivity index (χ1n) is 5.46. The zero-order valence-corrected chi connectivity index (χ0v) is 10.4. The molecular formula is C12H14N2O2S. The quantitative estimate of drug-likeness (QED) is 0.885. The van der Waals surface area contributed by atoms with E-state index in [2.05, 4.69) is 5.10 Å². The van der Waals surface area contributed by atoms with Crippen LogP contribution in [0.15, 0.2) is 24.3 Å². The van der Waals surface area contributed by atoms with Crippen LogP contribution in [-0.2, 0) is 17.1 Å². The minimum atomic E-state index is -0.783. The Morgan fingerprint density at radius 3 is 2.94 bits per heavy atom. The number of carbonyl (C=O) groups is 1. The van der Waals surface area contributed by atoms with Crippen molar-refractivity contribution in [2.24, 2.45) is 0 Å². The molecule has 0 saturated heterocycles. The second-order valence-corrected chi connectivity index (χ2v) is 4.65. The van der Waals surface area contributed by atoms with Gasteiger partial charge in [0.05, 0.1) is 17.0 Å². The number of thioether (sulfide) groups is 1. The third-order valence-electron chi connectivity index (χ3n) is 2.50. The summed E-state index contributed by atoms with van der Waals surface area (Å²) in [6, 6.07) is 8.04. The van der Waals surface area contributed by atoms with Crippen molar-refractivity contribution >= 4 is 28.6 Å². The lowest BCUT2D eigenvalue weighted by Crippen LogP contribution is -1.99. The van der Waals surface area contributed by atoms with E-state index in [0.29, 0.717) is 5.75 Å². The standard InChI is InChI=1S/C12H14N2O2S/c1-2-14-11-6-4-3-5-9(11)10(13-14)7-17-8-12(15)16/h3-6H,2,7-8H2,1H3,(H,15,16). The number of nitrogens with zero attached hydrogens (tertiary/aromatic N) is 2. The summed E-state index contributed by atoms with van der Waals surface area (Å²) in [6.07, 6.45) is 0. The molecule has 0 aliphatic rings. The van der Waals surface area contributed by atoms with Gasteiger partial charge in [-0.25, -0.2) is 0 Å². The minimum absolute atomic E-state index is 0.118. The molecule has 2 rings (SSSR count). The number of aromatic nitrogens is 2.